The third kappa shape index (κ3) is 6.24. The molecule has 3 aromatic carbocycles. The summed E-state index contributed by atoms with van der Waals surface area (Å²) in [6.07, 6.45) is 8.59. The number of ether oxygens (including phenoxy) is 1. The summed E-state index contributed by atoms with van der Waals surface area (Å²) in [6, 6.07) is 19.9. The van der Waals surface area contributed by atoms with Gasteiger partial charge in [0.2, 0.25) is 15.6 Å². The molecular formula is C34H37N3O5S. The fourth-order valence-electron chi connectivity index (χ4n) is 6.18. The molecule has 1 spiro atoms. The first-order valence-electron chi connectivity index (χ1n) is 15.0. The Morgan fingerprint density at radius 3 is 2.44 bits per heavy atom. The maximum Gasteiger partial charge on any atom is 0.262 e. The van der Waals surface area contributed by atoms with E-state index < -0.39 is 22.0 Å². The first-order valence-corrected chi connectivity index (χ1v) is 16.5. The average molecular weight is 600 g/mol. The first kappa shape index (κ1) is 29.1. The van der Waals surface area contributed by atoms with Gasteiger partial charge in [-0.3, -0.25) is 4.79 Å². The number of nitrogens with one attached hydrogen (secondary N) is 2. The largest absolute Gasteiger partial charge is 0.487 e. The van der Waals surface area contributed by atoms with Gasteiger partial charge in [-0.2, -0.15) is 4.72 Å². The minimum absolute atomic E-state index is 0.0708. The summed E-state index contributed by atoms with van der Waals surface area (Å²) >= 11 is 0. The van der Waals surface area contributed by atoms with Gasteiger partial charge in [0.05, 0.1) is 4.90 Å². The summed E-state index contributed by atoms with van der Waals surface area (Å²) in [5.74, 6) is 0.227. The molecule has 1 fully saturated rings. The molecule has 8 nitrogen and oxygen atoms in total. The third-order valence-electron chi connectivity index (χ3n) is 8.62. The number of aryl methyl sites for hydroxylation is 3. The number of rotatable bonds is 7. The van der Waals surface area contributed by atoms with E-state index in [9.17, 15) is 13.2 Å². The molecule has 1 aliphatic carbocycles. The van der Waals surface area contributed by atoms with Crippen LogP contribution in [0.3, 0.4) is 0 Å². The van der Waals surface area contributed by atoms with Crippen molar-refractivity contribution in [3.8, 4) is 5.75 Å². The molecule has 0 saturated heterocycles. The number of hydrogen-bond acceptors (Lipinski definition) is 6. The van der Waals surface area contributed by atoms with E-state index in [0.717, 1.165) is 54.4 Å². The average Bonchev–Trinajstić information content (AvgIpc) is 3.02. The number of sulfonamides is 1. The number of benzene rings is 3. The second kappa shape index (κ2) is 12.0. The zero-order valence-electron chi connectivity index (χ0n) is 24.6. The molecule has 1 atom stereocenters. The molecule has 224 valence electrons. The summed E-state index contributed by atoms with van der Waals surface area (Å²) in [6.45, 7) is 3.94. The van der Waals surface area contributed by atoms with Gasteiger partial charge in [-0.25, -0.2) is 13.8 Å². The summed E-state index contributed by atoms with van der Waals surface area (Å²) in [4.78, 5) is 13.5. The highest BCUT2D eigenvalue weighted by Crippen LogP contribution is 2.43. The lowest BCUT2D eigenvalue weighted by Crippen LogP contribution is -2.41. The highest BCUT2D eigenvalue weighted by atomic mass is 32.2. The van der Waals surface area contributed by atoms with Crippen LogP contribution in [0.5, 0.6) is 5.75 Å². The van der Waals surface area contributed by atoms with Gasteiger partial charge < -0.3 is 9.15 Å². The Balaban J connectivity index is 1.30. The minimum Gasteiger partial charge on any atom is -0.487 e. The van der Waals surface area contributed by atoms with Crippen molar-refractivity contribution in [3.63, 3.8) is 0 Å². The van der Waals surface area contributed by atoms with Crippen LogP contribution in [-0.4, -0.2) is 19.9 Å². The predicted octanol–water partition coefficient (Wildman–Crippen LogP) is 5.98. The van der Waals surface area contributed by atoms with Gasteiger partial charge in [0, 0.05) is 17.5 Å². The van der Waals surface area contributed by atoms with E-state index in [1.807, 2.05) is 19.1 Å². The van der Waals surface area contributed by atoms with Crippen molar-refractivity contribution in [1.82, 2.24) is 10.1 Å². The summed E-state index contributed by atoms with van der Waals surface area (Å²) in [7, 11) is -4.00. The molecule has 6 rings (SSSR count). The van der Waals surface area contributed by atoms with Gasteiger partial charge >= 0.3 is 0 Å². The zero-order chi connectivity index (χ0) is 30.0. The molecule has 2 heterocycles. The van der Waals surface area contributed by atoms with Crippen LogP contribution in [0.25, 0.3) is 11.0 Å². The van der Waals surface area contributed by atoms with E-state index in [1.165, 1.54) is 37.0 Å². The van der Waals surface area contributed by atoms with E-state index in [0.29, 0.717) is 11.1 Å². The molecule has 9 heteroatoms. The molecule has 2 N–H and O–H groups in total. The fourth-order valence-corrected chi connectivity index (χ4v) is 7.36. The van der Waals surface area contributed by atoms with Gasteiger partial charge in [0.25, 0.3) is 5.91 Å². The molecule has 1 aliphatic heterocycles. The van der Waals surface area contributed by atoms with E-state index in [2.05, 4.69) is 28.2 Å². The number of carbonyl (C=O) groups is 1. The Kier molecular flexibility index (Phi) is 8.11. The van der Waals surface area contributed by atoms with Crippen molar-refractivity contribution in [2.75, 3.05) is 0 Å². The second-order valence-electron chi connectivity index (χ2n) is 11.6. The molecule has 1 amide bonds. The number of carbonyl (C=O) groups excluding carboxylic acids is 1. The maximum atomic E-state index is 13.5. The molecular weight excluding hydrogens is 562 g/mol. The van der Waals surface area contributed by atoms with Crippen molar-refractivity contribution in [3.05, 3.63) is 101 Å². The third-order valence-corrected chi connectivity index (χ3v) is 10.1. The van der Waals surface area contributed by atoms with E-state index in [-0.39, 0.29) is 16.1 Å². The van der Waals surface area contributed by atoms with Crippen molar-refractivity contribution < 1.29 is 22.4 Å². The summed E-state index contributed by atoms with van der Waals surface area (Å²) < 4.78 is 41.8. The summed E-state index contributed by atoms with van der Waals surface area (Å²) in [5, 5.41) is 5.28. The Morgan fingerprint density at radius 1 is 0.977 bits per heavy atom. The van der Waals surface area contributed by atoms with E-state index in [1.54, 1.807) is 42.5 Å². The van der Waals surface area contributed by atoms with Crippen LogP contribution in [0.1, 0.15) is 73.7 Å². The molecule has 43 heavy (non-hydrogen) atoms. The van der Waals surface area contributed by atoms with Crippen LogP contribution in [0.2, 0.25) is 0 Å². The SMILES string of the molecule is CCc1cc(=NNC(=O)C(NS(=O)(=O)c2ccc(C)cc2)c2ccccc2)oc2cc3c(cc12)CCC1(CCCCC1)O3. The molecule has 2 aliphatic rings. The molecule has 1 aromatic heterocycles. The predicted molar refractivity (Wildman–Crippen MR) is 165 cm³/mol. The van der Waals surface area contributed by atoms with Crippen molar-refractivity contribution >= 4 is 26.9 Å². The topological polar surface area (TPSA) is 110 Å². The number of amides is 1. The highest BCUT2D eigenvalue weighted by Gasteiger charge is 2.37. The lowest BCUT2D eigenvalue weighted by atomic mass is 9.79. The summed E-state index contributed by atoms with van der Waals surface area (Å²) in [5.41, 5.74) is 6.96. The van der Waals surface area contributed by atoms with Gasteiger partial charge in [-0.05, 0) is 86.8 Å². The Morgan fingerprint density at radius 2 is 1.72 bits per heavy atom. The van der Waals surface area contributed by atoms with Gasteiger partial charge in [-0.1, -0.05) is 61.4 Å². The molecule has 1 unspecified atom stereocenters. The van der Waals surface area contributed by atoms with Crippen molar-refractivity contribution in [1.29, 1.82) is 0 Å². The van der Waals surface area contributed by atoms with Crippen LogP contribution in [0.4, 0.5) is 0 Å². The maximum absolute atomic E-state index is 13.5. The lowest BCUT2D eigenvalue weighted by molar-refractivity contribution is -0.123. The fraction of sp³-hybridized carbons (Fsp3) is 0.353. The lowest BCUT2D eigenvalue weighted by Gasteiger charge is -2.41. The number of hydrogen-bond donors (Lipinski definition) is 2. The second-order valence-corrected chi connectivity index (χ2v) is 13.3. The van der Waals surface area contributed by atoms with Crippen LogP contribution in [-0.2, 0) is 27.7 Å². The smallest absolute Gasteiger partial charge is 0.262 e. The van der Waals surface area contributed by atoms with Crippen LogP contribution >= 0.6 is 0 Å². The van der Waals surface area contributed by atoms with Crippen molar-refractivity contribution in [2.45, 2.75) is 81.8 Å². The minimum atomic E-state index is -4.00. The Hall–Kier alpha value is -3.95. The Bertz CT molecular complexity index is 1810. The normalized spacial score (nSPS) is 17.3. The standard InChI is InChI=1S/C34H37N3O5S/c1-3-24-21-31(41-30-22-29-26(20-28(24)30)16-19-34(42-29)17-8-5-9-18-34)35-36-33(38)32(25-10-6-4-7-11-25)37-43(39,40)27-14-12-23(2)13-15-27/h4,6-7,10-15,20-22,32,37H,3,5,8-9,16-19H2,1-2H3,(H,36,38). The molecule has 4 aromatic rings. The number of fused-ring (bicyclic) bond motifs is 2. The van der Waals surface area contributed by atoms with Gasteiger partial charge in [-0.15, -0.1) is 5.10 Å². The molecule has 0 bridgehead atoms. The highest BCUT2D eigenvalue weighted by molar-refractivity contribution is 7.89. The van der Waals surface area contributed by atoms with Crippen LogP contribution in [0, 0.1) is 6.92 Å². The Labute approximate surface area is 252 Å². The van der Waals surface area contributed by atoms with Gasteiger partial charge in [0.1, 0.15) is 23.0 Å². The van der Waals surface area contributed by atoms with E-state index >= 15 is 0 Å². The van der Waals surface area contributed by atoms with E-state index in [4.69, 9.17) is 9.15 Å². The zero-order valence-corrected chi connectivity index (χ0v) is 25.4. The molecule has 0 radical (unpaired) electrons. The quantitative estimate of drug-likeness (QED) is 0.254. The van der Waals surface area contributed by atoms with Crippen LogP contribution in [0.15, 0.2) is 87.2 Å². The van der Waals surface area contributed by atoms with Crippen molar-refractivity contribution in [2.24, 2.45) is 5.10 Å². The number of nitrogens with zero attached hydrogens (tertiary/aromatic N) is 1. The monoisotopic (exact) mass is 599 g/mol. The molecule has 1 saturated carbocycles. The van der Waals surface area contributed by atoms with Gasteiger partial charge in [0.15, 0.2) is 0 Å². The first-order chi connectivity index (χ1) is 20.7. The van der Waals surface area contributed by atoms with Crippen LogP contribution < -0.4 is 20.4 Å².